The van der Waals surface area contributed by atoms with Crippen molar-refractivity contribution in [1.29, 1.82) is 0 Å². The van der Waals surface area contributed by atoms with Crippen LogP contribution in [0.15, 0.2) is 45.5 Å². The summed E-state index contributed by atoms with van der Waals surface area (Å²) in [5.41, 5.74) is 0.154. The summed E-state index contributed by atoms with van der Waals surface area (Å²) in [6.45, 7) is 1.28. The van der Waals surface area contributed by atoms with Gasteiger partial charge in [0.1, 0.15) is 4.21 Å². The number of amides is 1. The van der Waals surface area contributed by atoms with Crippen molar-refractivity contribution in [3.63, 3.8) is 0 Å². The van der Waals surface area contributed by atoms with Crippen molar-refractivity contribution < 1.29 is 26.4 Å². The first-order valence-electron chi connectivity index (χ1n) is 9.22. The number of morpholine rings is 1. The van der Waals surface area contributed by atoms with E-state index in [0.717, 1.165) is 11.3 Å². The van der Waals surface area contributed by atoms with Crippen LogP contribution in [0.4, 0.5) is 0 Å². The van der Waals surface area contributed by atoms with Crippen molar-refractivity contribution >= 4 is 37.3 Å². The van der Waals surface area contributed by atoms with Gasteiger partial charge in [-0.1, -0.05) is 12.0 Å². The van der Waals surface area contributed by atoms with Crippen LogP contribution in [-0.2, 0) is 31.3 Å². The van der Waals surface area contributed by atoms with Crippen molar-refractivity contribution in [2.75, 3.05) is 32.8 Å². The molecule has 3 rings (SSSR count). The molecule has 0 spiro atoms. The van der Waals surface area contributed by atoms with E-state index < -0.39 is 26.0 Å². The first kappa shape index (κ1) is 23.4. The average Bonchev–Trinajstić information content (AvgIpc) is 3.27. The Kier molecular flexibility index (Phi) is 7.47. The average molecular weight is 484 g/mol. The highest BCUT2D eigenvalue weighted by Gasteiger charge is 2.27. The van der Waals surface area contributed by atoms with E-state index in [0.29, 0.717) is 31.2 Å². The summed E-state index contributed by atoms with van der Waals surface area (Å²) in [6.07, 6.45) is 5.07. The lowest BCUT2D eigenvalue weighted by atomic mass is 10.2. The van der Waals surface area contributed by atoms with Crippen LogP contribution >= 0.6 is 11.3 Å². The molecule has 2 N–H and O–H groups in total. The summed E-state index contributed by atoms with van der Waals surface area (Å²) in [5, 5.41) is 2.68. The van der Waals surface area contributed by atoms with Gasteiger partial charge in [0.2, 0.25) is 10.0 Å². The molecule has 1 aromatic heterocycles. The second kappa shape index (κ2) is 9.90. The third kappa shape index (κ3) is 5.70. The highest BCUT2D eigenvalue weighted by atomic mass is 32.2. The van der Waals surface area contributed by atoms with Gasteiger partial charge in [0.25, 0.3) is 15.9 Å². The molecule has 1 aliphatic heterocycles. The molecule has 31 heavy (non-hydrogen) atoms. The normalized spacial score (nSPS) is 15.3. The molecule has 0 atom stereocenters. The zero-order valence-electron chi connectivity index (χ0n) is 16.4. The number of hydrogen-bond acceptors (Lipinski definition) is 7. The van der Waals surface area contributed by atoms with Crippen LogP contribution in [0, 0.1) is 12.3 Å². The molecule has 1 fully saturated rings. The van der Waals surface area contributed by atoms with E-state index in [9.17, 15) is 21.6 Å². The summed E-state index contributed by atoms with van der Waals surface area (Å²) in [7, 11) is -7.41. The summed E-state index contributed by atoms with van der Waals surface area (Å²) in [5.74, 6) is 1.70. The topological polar surface area (TPSA) is 122 Å². The lowest BCUT2D eigenvalue weighted by Crippen LogP contribution is -2.40. The van der Waals surface area contributed by atoms with E-state index in [4.69, 9.17) is 11.2 Å². The van der Waals surface area contributed by atoms with Gasteiger partial charge >= 0.3 is 0 Å². The van der Waals surface area contributed by atoms with Gasteiger partial charge in [0.05, 0.1) is 31.2 Å². The molecule has 0 saturated carbocycles. The summed E-state index contributed by atoms with van der Waals surface area (Å²) in [6, 6.07) is 8.70. The molecule has 0 radical (unpaired) electrons. The van der Waals surface area contributed by atoms with Crippen molar-refractivity contribution in [2.24, 2.45) is 0 Å². The first-order chi connectivity index (χ1) is 14.7. The van der Waals surface area contributed by atoms with Crippen LogP contribution in [0.25, 0.3) is 0 Å². The van der Waals surface area contributed by atoms with Crippen molar-refractivity contribution in [2.45, 2.75) is 15.6 Å². The van der Waals surface area contributed by atoms with Gasteiger partial charge in [-0.15, -0.1) is 17.8 Å². The maximum absolute atomic E-state index is 12.7. The Balaban J connectivity index is 1.66. The smallest absolute Gasteiger partial charge is 0.252 e. The number of rotatable bonds is 8. The molecule has 0 aliphatic carbocycles. The third-order valence-corrected chi connectivity index (χ3v) is 9.25. The van der Waals surface area contributed by atoms with Gasteiger partial charge in [-0.25, -0.2) is 16.8 Å². The lowest BCUT2D eigenvalue weighted by molar-refractivity contribution is 0.0731. The molecule has 1 aliphatic rings. The minimum Gasteiger partial charge on any atom is -0.379 e. The molecular weight excluding hydrogens is 462 g/mol. The zero-order valence-corrected chi connectivity index (χ0v) is 18.9. The summed E-state index contributed by atoms with van der Waals surface area (Å²) >= 11 is 1.08. The Bertz CT molecular complexity index is 1190. The van der Waals surface area contributed by atoms with Crippen LogP contribution < -0.4 is 10.0 Å². The second-order valence-corrected chi connectivity index (χ2v) is 11.6. The van der Waals surface area contributed by atoms with Crippen LogP contribution in [0.1, 0.15) is 15.2 Å². The van der Waals surface area contributed by atoms with Gasteiger partial charge < -0.3 is 10.1 Å². The molecule has 2 heterocycles. The number of nitrogens with one attached hydrogen (secondary N) is 2. The molecular formula is C19H21N3O6S3. The van der Waals surface area contributed by atoms with Gasteiger partial charge in [-0.2, -0.15) is 9.03 Å². The molecule has 0 bridgehead atoms. The predicted molar refractivity (Wildman–Crippen MR) is 116 cm³/mol. The second-order valence-electron chi connectivity index (χ2n) is 6.48. The van der Waals surface area contributed by atoms with Gasteiger partial charge in [0.15, 0.2) is 0 Å². The Morgan fingerprint density at radius 2 is 1.90 bits per heavy atom. The van der Waals surface area contributed by atoms with Gasteiger partial charge in [-0.05, 0) is 30.3 Å². The number of carbonyl (C=O) groups is 1. The molecule has 166 valence electrons. The van der Waals surface area contributed by atoms with Crippen molar-refractivity contribution in [3.8, 4) is 12.3 Å². The Morgan fingerprint density at radius 1 is 1.16 bits per heavy atom. The molecule has 12 heteroatoms. The van der Waals surface area contributed by atoms with Crippen LogP contribution in [-0.4, -0.2) is 59.9 Å². The number of carbonyl (C=O) groups excluding carboxylic acids is 1. The van der Waals surface area contributed by atoms with Crippen molar-refractivity contribution in [3.05, 3.63) is 46.8 Å². The molecule has 1 amide bonds. The Morgan fingerprint density at radius 3 is 2.61 bits per heavy atom. The zero-order chi connectivity index (χ0) is 22.5. The predicted octanol–water partition coefficient (Wildman–Crippen LogP) is 0.611. The number of terminal acetylenes is 1. The number of nitrogens with zero attached hydrogens (tertiary/aromatic N) is 1. The van der Waals surface area contributed by atoms with E-state index >= 15 is 0 Å². The Hall–Kier alpha value is -2.27. The van der Waals surface area contributed by atoms with Gasteiger partial charge in [-0.3, -0.25) is 4.79 Å². The highest BCUT2D eigenvalue weighted by molar-refractivity contribution is 7.91. The minimum atomic E-state index is -3.82. The van der Waals surface area contributed by atoms with E-state index in [1.54, 1.807) is 6.07 Å². The number of sulfonamides is 2. The van der Waals surface area contributed by atoms with E-state index in [2.05, 4.69) is 16.0 Å². The monoisotopic (exact) mass is 483 g/mol. The fourth-order valence-corrected chi connectivity index (χ4v) is 6.64. The largest absolute Gasteiger partial charge is 0.379 e. The SMILES string of the molecule is C#CCNS(=O)(=O)c1cccc(C(=O)NCc2ccc(S(=O)(=O)N3CCOCC3)s2)c1. The highest BCUT2D eigenvalue weighted by Crippen LogP contribution is 2.25. The van der Waals surface area contributed by atoms with Crippen LogP contribution in [0.2, 0.25) is 0 Å². The van der Waals surface area contributed by atoms with E-state index in [1.807, 2.05) is 0 Å². The molecule has 0 unspecified atom stereocenters. The van der Waals surface area contributed by atoms with Gasteiger partial charge in [0, 0.05) is 23.5 Å². The first-order valence-corrected chi connectivity index (χ1v) is 13.0. The van der Waals surface area contributed by atoms with Crippen molar-refractivity contribution in [1.82, 2.24) is 14.3 Å². The fourth-order valence-electron chi connectivity index (χ4n) is 2.80. The van der Waals surface area contributed by atoms with E-state index in [1.165, 1.54) is 34.6 Å². The molecule has 9 nitrogen and oxygen atoms in total. The third-order valence-electron chi connectivity index (χ3n) is 4.40. The minimum absolute atomic E-state index is 0.0783. The van der Waals surface area contributed by atoms with E-state index in [-0.39, 0.29) is 27.8 Å². The molecule has 1 saturated heterocycles. The molecule has 1 aromatic carbocycles. The standard InChI is InChI=1S/C19H21N3O6S3/c1-2-8-21-30(24,25)17-5-3-4-15(13-17)19(23)20-14-16-6-7-18(29-16)31(26,27)22-9-11-28-12-10-22/h1,3-7,13,21H,8-12,14H2,(H,20,23). The Labute approximate surface area is 185 Å². The number of hydrogen-bond donors (Lipinski definition) is 2. The molecule has 2 aromatic rings. The van der Waals surface area contributed by atoms with Crippen LogP contribution in [0.5, 0.6) is 0 Å². The quantitative estimate of drug-likeness (QED) is 0.531. The summed E-state index contributed by atoms with van der Waals surface area (Å²) in [4.78, 5) is 13.0. The van der Waals surface area contributed by atoms with Crippen LogP contribution in [0.3, 0.4) is 0 Å². The number of thiophene rings is 1. The number of benzene rings is 1. The maximum atomic E-state index is 12.7. The maximum Gasteiger partial charge on any atom is 0.252 e. The summed E-state index contributed by atoms with van der Waals surface area (Å²) < 4.78 is 58.7. The lowest BCUT2D eigenvalue weighted by Gasteiger charge is -2.25. The number of ether oxygens (including phenoxy) is 1. The fraction of sp³-hybridized carbons (Fsp3) is 0.316.